The summed E-state index contributed by atoms with van der Waals surface area (Å²) in [6, 6.07) is 14.1. The average Bonchev–Trinajstić information content (AvgIpc) is 2.39. The third kappa shape index (κ3) is 2.81. The van der Waals surface area contributed by atoms with Gasteiger partial charge in [-0.3, -0.25) is 0 Å². The maximum atomic E-state index is 5.64. The largest absolute Gasteiger partial charge is 0.495 e. The molecule has 2 aromatic carbocycles. The van der Waals surface area contributed by atoms with Crippen molar-refractivity contribution >= 4 is 11.4 Å². The highest BCUT2D eigenvalue weighted by Crippen LogP contribution is 2.28. The summed E-state index contributed by atoms with van der Waals surface area (Å²) in [6.45, 7) is 2.60. The summed E-state index contributed by atoms with van der Waals surface area (Å²) in [5, 5.41) is 3.36. The quantitative estimate of drug-likeness (QED) is 0.865. The molecule has 2 rings (SSSR count). The molecule has 0 atom stereocenters. The number of aryl methyl sites for hydroxylation is 1. The fourth-order valence-electron chi connectivity index (χ4n) is 1.85. The van der Waals surface area contributed by atoms with Crippen molar-refractivity contribution in [3.8, 4) is 5.75 Å². The van der Waals surface area contributed by atoms with E-state index in [1.54, 1.807) is 7.11 Å². The van der Waals surface area contributed by atoms with Gasteiger partial charge in [0.1, 0.15) is 5.75 Å². The maximum Gasteiger partial charge on any atom is 0.142 e. The third-order valence-corrected chi connectivity index (χ3v) is 2.80. The van der Waals surface area contributed by atoms with Crippen LogP contribution in [0, 0.1) is 6.92 Å². The van der Waals surface area contributed by atoms with Gasteiger partial charge in [0.15, 0.2) is 0 Å². The number of hydrogen-bond acceptors (Lipinski definition) is 3. The van der Waals surface area contributed by atoms with Crippen LogP contribution in [-0.2, 0) is 6.54 Å². The van der Waals surface area contributed by atoms with E-state index < -0.39 is 0 Å². The van der Waals surface area contributed by atoms with E-state index in [-0.39, 0.29) is 0 Å². The molecule has 0 heterocycles. The molecule has 18 heavy (non-hydrogen) atoms. The van der Waals surface area contributed by atoms with E-state index in [2.05, 4.69) is 18.3 Å². The van der Waals surface area contributed by atoms with Gasteiger partial charge in [-0.1, -0.05) is 18.2 Å². The Morgan fingerprint density at radius 3 is 2.72 bits per heavy atom. The zero-order valence-electron chi connectivity index (χ0n) is 10.7. The molecule has 0 unspecified atom stereocenters. The summed E-state index contributed by atoms with van der Waals surface area (Å²) >= 11 is 0. The molecule has 0 saturated carbocycles. The van der Waals surface area contributed by atoms with Crippen LogP contribution in [0.4, 0.5) is 11.4 Å². The third-order valence-electron chi connectivity index (χ3n) is 2.80. The monoisotopic (exact) mass is 242 g/mol. The second-order valence-corrected chi connectivity index (χ2v) is 4.23. The van der Waals surface area contributed by atoms with Crippen LogP contribution in [-0.4, -0.2) is 7.11 Å². The zero-order chi connectivity index (χ0) is 13.0. The van der Waals surface area contributed by atoms with Crippen molar-refractivity contribution in [2.24, 2.45) is 5.73 Å². The summed E-state index contributed by atoms with van der Waals surface area (Å²) < 4.78 is 5.34. The van der Waals surface area contributed by atoms with Crippen LogP contribution >= 0.6 is 0 Å². The van der Waals surface area contributed by atoms with Gasteiger partial charge in [-0.05, 0) is 42.3 Å². The fraction of sp³-hybridized carbons (Fsp3) is 0.200. The van der Waals surface area contributed by atoms with Gasteiger partial charge in [-0.2, -0.15) is 0 Å². The molecule has 3 N–H and O–H groups in total. The lowest BCUT2D eigenvalue weighted by Gasteiger charge is -2.12. The van der Waals surface area contributed by atoms with Crippen molar-refractivity contribution in [1.82, 2.24) is 0 Å². The predicted molar refractivity (Wildman–Crippen MR) is 75.3 cm³/mol. The normalized spacial score (nSPS) is 10.2. The number of methoxy groups -OCH3 is 1. The molecular formula is C15H18N2O. The highest BCUT2D eigenvalue weighted by atomic mass is 16.5. The smallest absolute Gasteiger partial charge is 0.142 e. The molecule has 0 aliphatic carbocycles. The van der Waals surface area contributed by atoms with Gasteiger partial charge in [0.25, 0.3) is 0 Å². The Morgan fingerprint density at radius 2 is 2.00 bits per heavy atom. The summed E-state index contributed by atoms with van der Waals surface area (Å²) in [5.41, 5.74) is 9.91. The van der Waals surface area contributed by atoms with Crippen molar-refractivity contribution in [3.63, 3.8) is 0 Å². The van der Waals surface area contributed by atoms with Crippen molar-refractivity contribution in [2.75, 3.05) is 12.4 Å². The number of rotatable bonds is 4. The van der Waals surface area contributed by atoms with Crippen LogP contribution in [0.2, 0.25) is 0 Å². The first-order valence-electron chi connectivity index (χ1n) is 5.93. The Kier molecular flexibility index (Phi) is 3.85. The van der Waals surface area contributed by atoms with Crippen LogP contribution < -0.4 is 15.8 Å². The summed E-state index contributed by atoms with van der Waals surface area (Å²) in [6.07, 6.45) is 0. The Labute approximate surface area is 108 Å². The average molecular weight is 242 g/mol. The molecule has 3 heteroatoms. The first kappa shape index (κ1) is 12.5. The van der Waals surface area contributed by atoms with Crippen LogP contribution in [0.15, 0.2) is 42.5 Å². The molecular weight excluding hydrogens is 224 g/mol. The van der Waals surface area contributed by atoms with E-state index in [0.717, 1.165) is 22.7 Å². The van der Waals surface area contributed by atoms with Crippen molar-refractivity contribution in [1.29, 1.82) is 0 Å². The Hall–Kier alpha value is -2.00. The molecule has 0 fully saturated rings. The zero-order valence-corrected chi connectivity index (χ0v) is 10.7. The Bertz CT molecular complexity index is 538. The number of benzene rings is 2. The minimum Gasteiger partial charge on any atom is -0.495 e. The van der Waals surface area contributed by atoms with Crippen molar-refractivity contribution in [2.45, 2.75) is 13.5 Å². The molecule has 3 nitrogen and oxygen atoms in total. The first-order valence-corrected chi connectivity index (χ1v) is 5.93. The molecule has 0 aliphatic rings. The molecule has 0 aromatic heterocycles. The van der Waals surface area contributed by atoms with E-state index in [4.69, 9.17) is 10.5 Å². The van der Waals surface area contributed by atoms with Gasteiger partial charge in [-0.25, -0.2) is 0 Å². The molecule has 0 saturated heterocycles. The SMILES string of the molecule is COc1ccc(C)cc1Nc1cccc(CN)c1. The van der Waals surface area contributed by atoms with E-state index in [1.807, 2.05) is 36.4 Å². The molecule has 0 amide bonds. The summed E-state index contributed by atoms with van der Waals surface area (Å²) in [7, 11) is 1.67. The van der Waals surface area contributed by atoms with Crippen molar-refractivity contribution < 1.29 is 4.74 Å². The number of anilines is 2. The summed E-state index contributed by atoms with van der Waals surface area (Å²) in [4.78, 5) is 0. The standard InChI is InChI=1S/C15H18N2O/c1-11-6-7-15(18-2)14(8-11)17-13-5-3-4-12(9-13)10-16/h3-9,17H,10,16H2,1-2H3. The van der Waals surface area contributed by atoms with Crippen molar-refractivity contribution in [3.05, 3.63) is 53.6 Å². The van der Waals surface area contributed by atoms with Crippen LogP contribution in [0.3, 0.4) is 0 Å². The molecule has 0 radical (unpaired) electrons. The van der Waals surface area contributed by atoms with Crippen LogP contribution in [0.5, 0.6) is 5.75 Å². The fourth-order valence-corrected chi connectivity index (χ4v) is 1.85. The van der Waals surface area contributed by atoms with E-state index in [1.165, 1.54) is 5.56 Å². The van der Waals surface area contributed by atoms with Gasteiger partial charge in [0.05, 0.1) is 12.8 Å². The highest BCUT2D eigenvalue weighted by Gasteiger charge is 2.03. The van der Waals surface area contributed by atoms with Gasteiger partial charge >= 0.3 is 0 Å². The molecule has 0 aliphatic heterocycles. The lowest BCUT2D eigenvalue weighted by atomic mass is 10.1. The number of ether oxygens (including phenoxy) is 1. The molecule has 0 bridgehead atoms. The van der Waals surface area contributed by atoms with Crippen LogP contribution in [0.25, 0.3) is 0 Å². The molecule has 2 aromatic rings. The van der Waals surface area contributed by atoms with Gasteiger partial charge in [0, 0.05) is 12.2 Å². The number of nitrogens with two attached hydrogens (primary N) is 1. The van der Waals surface area contributed by atoms with Gasteiger partial charge in [-0.15, -0.1) is 0 Å². The van der Waals surface area contributed by atoms with E-state index >= 15 is 0 Å². The van der Waals surface area contributed by atoms with Gasteiger partial charge < -0.3 is 15.8 Å². The predicted octanol–water partition coefficient (Wildman–Crippen LogP) is 3.21. The first-order chi connectivity index (χ1) is 8.72. The number of nitrogens with one attached hydrogen (secondary N) is 1. The highest BCUT2D eigenvalue weighted by molar-refractivity contribution is 5.67. The van der Waals surface area contributed by atoms with E-state index in [0.29, 0.717) is 6.54 Å². The molecule has 94 valence electrons. The maximum absolute atomic E-state index is 5.64. The van der Waals surface area contributed by atoms with E-state index in [9.17, 15) is 0 Å². The lowest BCUT2D eigenvalue weighted by molar-refractivity contribution is 0.416. The molecule has 0 spiro atoms. The number of hydrogen-bond donors (Lipinski definition) is 2. The minimum absolute atomic E-state index is 0.542. The second-order valence-electron chi connectivity index (χ2n) is 4.23. The topological polar surface area (TPSA) is 47.3 Å². The Morgan fingerprint density at radius 1 is 1.17 bits per heavy atom. The Balaban J connectivity index is 2.29. The van der Waals surface area contributed by atoms with Gasteiger partial charge in [0.2, 0.25) is 0 Å². The van der Waals surface area contributed by atoms with Crippen LogP contribution in [0.1, 0.15) is 11.1 Å². The second kappa shape index (κ2) is 5.56. The minimum atomic E-state index is 0.542. The lowest BCUT2D eigenvalue weighted by Crippen LogP contribution is -1.99. The summed E-state index contributed by atoms with van der Waals surface area (Å²) in [5.74, 6) is 0.832.